The summed E-state index contributed by atoms with van der Waals surface area (Å²) >= 11 is 0. The maximum Gasteiger partial charge on any atom is 0.0405 e. The van der Waals surface area contributed by atoms with Crippen molar-refractivity contribution in [1.29, 1.82) is 0 Å². The van der Waals surface area contributed by atoms with Crippen LogP contribution >= 0.6 is 0 Å². The van der Waals surface area contributed by atoms with Gasteiger partial charge in [-0.1, -0.05) is 18.2 Å². The molecule has 0 aliphatic carbocycles. The van der Waals surface area contributed by atoms with Crippen molar-refractivity contribution < 1.29 is 0 Å². The zero-order chi connectivity index (χ0) is 10.3. The second kappa shape index (κ2) is 3.53. The molecule has 0 aromatic heterocycles. The fraction of sp³-hybridized carbons (Fsp3) is 0.538. The van der Waals surface area contributed by atoms with Gasteiger partial charge in [-0.3, -0.25) is 0 Å². The van der Waals surface area contributed by atoms with Crippen LogP contribution in [0.3, 0.4) is 0 Å². The lowest BCUT2D eigenvalue weighted by atomic mass is 9.90. The van der Waals surface area contributed by atoms with Crippen molar-refractivity contribution in [3.05, 3.63) is 29.8 Å². The third-order valence-electron chi connectivity index (χ3n) is 3.83. The summed E-state index contributed by atoms with van der Waals surface area (Å²) in [6.07, 6.45) is 1.28. The molecule has 0 amide bonds. The number of nitrogens with one attached hydrogen (secondary N) is 1. The summed E-state index contributed by atoms with van der Waals surface area (Å²) < 4.78 is 0. The van der Waals surface area contributed by atoms with Gasteiger partial charge in [0.15, 0.2) is 0 Å². The zero-order valence-electron chi connectivity index (χ0n) is 9.24. The highest BCUT2D eigenvalue weighted by atomic mass is 15.2. The highest BCUT2D eigenvalue weighted by molar-refractivity contribution is 5.62. The summed E-state index contributed by atoms with van der Waals surface area (Å²) in [6.45, 7) is 5.73. The Hall–Kier alpha value is -1.02. The minimum atomic E-state index is 0.717. The molecule has 0 unspecified atom stereocenters. The van der Waals surface area contributed by atoms with Gasteiger partial charge in [-0.05, 0) is 31.5 Å². The lowest BCUT2D eigenvalue weighted by Crippen LogP contribution is -2.44. The van der Waals surface area contributed by atoms with E-state index in [9.17, 15) is 0 Å². The smallest absolute Gasteiger partial charge is 0.0405 e. The molecule has 2 heterocycles. The first-order valence-corrected chi connectivity index (χ1v) is 5.98. The number of para-hydroxylation sites is 1. The fourth-order valence-electron chi connectivity index (χ4n) is 3.18. The Bertz CT molecular complexity index is 336. The number of benzene rings is 1. The molecule has 80 valence electrons. The lowest BCUT2D eigenvalue weighted by molar-refractivity contribution is 0.406. The summed E-state index contributed by atoms with van der Waals surface area (Å²) in [6, 6.07) is 9.65. The first-order chi connectivity index (χ1) is 7.42. The first kappa shape index (κ1) is 9.22. The number of likely N-dealkylation sites (N-methyl/N-ethyl adjacent to an activating group) is 1. The highest BCUT2D eigenvalue weighted by Crippen LogP contribution is 2.42. The van der Waals surface area contributed by atoms with Gasteiger partial charge in [0.2, 0.25) is 0 Å². The quantitative estimate of drug-likeness (QED) is 0.749. The standard InChI is InChI=1S/C13H18N2/c1-2-15-12-6-4-3-5-10(12)11-9-14-8-7-13(11)15/h3-6,11,13-14H,2,7-9H2,1H3/t11-,13-/m0/s1. The molecule has 2 nitrogen and oxygen atoms in total. The minimum absolute atomic E-state index is 0.717. The van der Waals surface area contributed by atoms with Crippen molar-refractivity contribution >= 4 is 5.69 Å². The predicted octanol–water partition coefficient (Wildman–Crippen LogP) is 1.97. The van der Waals surface area contributed by atoms with Gasteiger partial charge in [0.25, 0.3) is 0 Å². The Morgan fingerprint density at radius 3 is 3.13 bits per heavy atom. The van der Waals surface area contributed by atoms with Gasteiger partial charge >= 0.3 is 0 Å². The molecule has 1 N–H and O–H groups in total. The van der Waals surface area contributed by atoms with Crippen LogP contribution in [0, 0.1) is 0 Å². The zero-order valence-corrected chi connectivity index (χ0v) is 9.24. The van der Waals surface area contributed by atoms with E-state index in [0.29, 0.717) is 0 Å². The molecule has 2 atom stereocenters. The van der Waals surface area contributed by atoms with Crippen LogP contribution < -0.4 is 10.2 Å². The van der Waals surface area contributed by atoms with Crippen LogP contribution in [0.25, 0.3) is 0 Å². The van der Waals surface area contributed by atoms with Crippen LogP contribution in [-0.4, -0.2) is 25.7 Å². The van der Waals surface area contributed by atoms with Gasteiger partial charge < -0.3 is 10.2 Å². The van der Waals surface area contributed by atoms with Crippen molar-refractivity contribution in [1.82, 2.24) is 5.32 Å². The lowest BCUT2D eigenvalue weighted by Gasteiger charge is -2.33. The maximum absolute atomic E-state index is 3.52. The van der Waals surface area contributed by atoms with Crippen molar-refractivity contribution in [2.45, 2.75) is 25.3 Å². The van der Waals surface area contributed by atoms with E-state index in [0.717, 1.165) is 25.0 Å². The molecule has 1 fully saturated rings. The van der Waals surface area contributed by atoms with Crippen LogP contribution in [0.4, 0.5) is 5.69 Å². The highest BCUT2D eigenvalue weighted by Gasteiger charge is 2.38. The average molecular weight is 202 g/mol. The van der Waals surface area contributed by atoms with Crippen molar-refractivity contribution in [3.63, 3.8) is 0 Å². The summed E-state index contributed by atoms with van der Waals surface area (Å²) in [7, 11) is 0. The molecule has 2 aliphatic heterocycles. The van der Waals surface area contributed by atoms with Gasteiger partial charge in [0, 0.05) is 30.7 Å². The van der Waals surface area contributed by atoms with Crippen LogP contribution in [0.2, 0.25) is 0 Å². The number of hydrogen-bond donors (Lipinski definition) is 1. The maximum atomic E-state index is 3.52. The summed E-state index contributed by atoms with van der Waals surface area (Å²) in [5.74, 6) is 0.717. The van der Waals surface area contributed by atoms with Gasteiger partial charge in [-0.25, -0.2) is 0 Å². The van der Waals surface area contributed by atoms with E-state index >= 15 is 0 Å². The number of anilines is 1. The molecule has 15 heavy (non-hydrogen) atoms. The molecule has 1 aromatic rings. The third-order valence-corrected chi connectivity index (χ3v) is 3.83. The third kappa shape index (κ3) is 1.28. The molecule has 0 saturated carbocycles. The molecule has 0 spiro atoms. The van der Waals surface area contributed by atoms with E-state index < -0.39 is 0 Å². The van der Waals surface area contributed by atoms with Gasteiger partial charge in [-0.15, -0.1) is 0 Å². The number of nitrogens with zero attached hydrogens (tertiary/aromatic N) is 1. The second-order valence-corrected chi connectivity index (χ2v) is 4.51. The monoisotopic (exact) mass is 202 g/mol. The minimum Gasteiger partial charge on any atom is -0.368 e. The molecule has 2 heteroatoms. The molecule has 0 radical (unpaired) electrons. The van der Waals surface area contributed by atoms with Crippen LogP contribution in [-0.2, 0) is 0 Å². The molecule has 1 saturated heterocycles. The normalized spacial score (nSPS) is 28.7. The van der Waals surface area contributed by atoms with E-state index in [2.05, 4.69) is 41.4 Å². The number of fused-ring (bicyclic) bond motifs is 3. The Labute approximate surface area is 91.3 Å². The van der Waals surface area contributed by atoms with Crippen molar-refractivity contribution in [2.24, 2.45) is 0 Å². The Morgan fingerprint density at radius 1 is 1.40 bits per heavy atom. The fourth-order valence-corrected chi connectivity index (χ4v) is 3.18. The Kier molecular flexibility index (Phi) is 2.17. The molecular weight excluding hydrogens is 184 g/mol. The topological polar surface area (TPSA) is 15.3 Å². The van der Waals surface area contributed by atoms with Crippen molar-refractivity contribution in [2.75, 3.05) is 24.5 Å². The van der Waals surface area contributed by atoms with Crippen molar-refractivity contribution in [3.8, 4) is 0 Å². The SMILES string of the molecule is CCN1c2ccccc2[C@@H]2CNCC[C@@H]21. The Balaban J connectivity index is 2.05. The van der Waals surface area contributed by atoms with E-state index in [1.165, 1.54) is 18.7 Å². The molecular formula is C13H18N2. The second-order valence-electron chi connectivity index (χ2n) is 4.51. The molecule has 0 bridgehead atoms. The molecule has 2 aliphatic rings. The van der Waals surface area contributed by atoms with E-state index in [4.69, 9.17) is 0 Å². The van der Waals surface area contributed by atoms with Crippen LogP contribution in [0.15, 0.2) is 24.3 Å². The van der Waals surface area contributed by atoms with Gasteiger partial charge in [0.05, 0.1) is 0 Å². The predicted molar refractivity (Wildman–Crippen MR) is 63.5 cm³/mol. The summed E-state index contributed by atoms with van der Waals surface area (Å²) in [5, 5.41) is 3.52. The van der Waals surface area contributed by atoms with Gasteiger partial charge in [-0.2, -0.15) is 0 Å². The van der Waals surface area contributed by atoms with E-state index in [1.807, 2.05) is 0 Å². The Morgan fingerprint density at radius 2 is 2.27 bits per heavy atom. The summed E-state index contributed by atoms with van der Waals surface area (Å²) in [4.78, 5) is 2.58. The van der Waals surface area contributed by atoms with E-state index in [-0.39, 0.29) is 0 Å². The molecule has 3 rings (SSSR count). The number of rotatable bonds is 1. The number of piperidine rings is 1. The molecule has 1 aromatic carbocycles. The summed E-state index contributed by atoms with van der Waals surface area (Å²) in [5.41, 5.74) is 3.02. The van der Waals surface area contributed by atoms with Crippen LogP contribution in [0.1, 0.15) is 24.8 Å². The van der Waals surface area contributed by atoms with Gasteiger partial charge in [0.1, 0.15) is 0 Å². The largest absolute Gasteiger partial charge is 0.368 e. The van der Waals surface area contributed by atoms with E-state index in [1.54, 1.807) is 5.56 Å². The first-order valence-electron chi connectivity index (χ1n) is 5.98. The van der Waals surface area contributed by atoms with Crippen LogP contribution in [0.5, 0.6) is 0 Å². The number of hydrogen-bond acceptors (Lipinski definition) is 2. The average Bonchev–Trinajstić information content (AvgIpc) is 2.63.